The van der Waals surface area contributed by atoms with Gasteiger partial charge in [-0.05, 0) is 18.2 Å². The second kappa shape index (κ2) is 8.47. The Morgan fingerprint density at radius 1 is 0.920 bits per heavy atom. The van der Waals surface area contributed by atoms with E-state index in [9.17, 15) is 8.42 Å². The fraction of sp³-hybridized carbons (Fsp3) is 0.368. The number of para-hydroxylation sites is 2. The third kappa shape index (κ3) is 7.25. The van der Waals surface area contributed by atoms with Gasteiger partial charge in [-0.3, -0.25) is 4.18 Å². The van der Waals surface area contributed by atoms with E-state index in [4.69, 9.17) is 13.7 Å². The Morgan fingerprint density at radius 2 is 1.56 bits per heavy atom. The van der Waals surface area contributed by atoms with Crippen molar-refractivity contribution < 1.29 is 22.1 Å². The second-order valence-electron chi connectivity index (χ2n) is 6.65. The van der Waals surface area contributed by atoms with E-state index >= 15 is 0 Å². The predicted octanol–water partition coefficient (Wildman–Crippen LogP) is 4.00. The molecule has 2 aromatic carbocycles. The molecule has 136 valence electrons. The molecule has 2 rings (SSSR count). The molecule has 0 heterocycles. The topological polar surface area (TPSA) is 61.8 Å². The van der Waals surface area contributed by atoms with E-state index in [2.05, 4.69) is 0 Å². The van der Waals surface area contributed by atoms with Gasteiger partial charge < -0.3 is 9.47 Å². The average Bonchev–Trinajstić information content (AvgIpc) is 2.55. The SMILES string of the molecule is CC(C)(COCc1ccccc1Oc1ccccc1)COS(C)(=O)=O. The molecule has 0 aliphatic rings. The highest BCUT2D eigenvalue weighted by molar-refractivity contribution is 7.85. The molecular weight excluding hydrogens is 340 g/mol. The fourth-order valence-electron chi connectivity index (χ4n) is 2.08. The molecule has 0 bridgehead atoms. The summed E-state index contributed by atoms with van der Waals surface area (Å²) in [7, 11) is -3.45. The van der Waals surface area contributed by atoms with Gasteiger partial charge in [-0.2, -0.15) is 8.42 Å². The molecule has 0 saturated carbocycles. The van der Waals surface area contributed by atoms with E-state index < -0.39 is 15.5 Å². The predicted molar refractivity (Wildman–Crippen MR) is 97.2 cm³/mol. The molecule has 2 aromatic rings. The van der Waals surface area contributed by atoms with Crippen LogP contribution in [0.4, 0.5) is 0 Å². The van der Waals surface area contributed by atoms with Crippen molar-refractivity contribution in [2.75, 3.05) is 19.5 Å². The molecule has 0 unspecified atom stereocenters. The maximum absolute atomic E-state index is 11.1. The van der Waals surface area contributed by atoms with Crippen LogP contribution < -0.4 is 4.74 Å². The summed E-state index contributed by atoms with van der Waals surface area (Å²) in [5, 5.41) is 0. The maximum Gasteiger partial charge on any atom is 0.264 e. The Labute approximate surface area is 149 Å². The minimum atomic E-state index is -3.45. The Hall–Kier alpha value is -1.89. The highest BCUT2D eigenvalue weighted by Gasteiger charge is 2.21. The standard InChI is InChI=1S/C19H24O5S/c1-19(2,15-23-25(3,20)21)14-22-13-16-9-7-8-12-18(16)24-17-10-5-4-6-11-17/h4-12H,13-15H2,1-3H3. The molecule has 0 fully saturated rings. The van der Waals surface area contributed by atoms with Gasteiger partial charge in [-0.15, -0.1) is 0 Å². The van der Waals surface area contributed by atoms with Crippen LogP contribution in [0.25, 0.3) is 0 Å². The molecule has 0 amide bonds. The van der Waals surface area contributed by atoms with Crippen molar-refractivity contribution in [1.82, 2.24) is 0 Å². The molecule has 0 radical (unpaired) electrons. The number of hydrogen-bond donors (Lipinski definition) is 0. The van der Waals surface area contributed by atoms with Crippen molar-refractivity contribution in [3.05, 3.63) is 60.2 Å². The molecule has 25 heavy (non-hydrogen) atoms. The Morgan fingerprint density at radius 3 is 2.24 bits per heavy atom. The van der Waals surface area contributed by atoms with Crippen LogP contribution >= 0.6 is 0 Å². The number of ether oxygens (including phenoxy) is 2. The molecule has 6 heteroatoms. The average molecular weight is 364 g/mol. The van der Waals surface area contributed by atoms with E-state index in [0.29, 0.717) is 13.2 Å². The zero-order valence-electron chi connectivity index (χ0n) is 14.8. The molecule has 0 aliphatic carbocycles. The third-order valence-electron chi connectivity index (χ3n) is 3.36. The lowest BCUT2D eigenvalue weighted by atomic mass is 9.96. The third-order valence-corrected chi connectivity index (χ3v) is 3.90. The number of rotatable bonds is 9. The van der Waals surface area contributed by atoms with Crippen LogP contribution in [0.5, 0.6) is 11.5 Å². The van der Waals surface area contributed by atoms with Crippen molar-refractivity contribution in [3.8, 4) is 11.5 Å². The van der Waals surface area contributed by atoms with Gasteiger partial charge in [-0.25, -0.2) is 0 Å². The molecule has 0 N–H and O–H groups in total. The van der Waals surface area contributed by atoms with E-state index in [1.165, 1.54) is 0 Å². The van der Waals surface area contributed by atoms with E-state index in [0.717, 1.165) is 23.3 Å². The summed E-state index contributed by atoms with van der Waals surface area (Å²) in [6.07, 6.45) is 1.04. The van der Waals surface area contributed by atoms with E-state index in [1.807, 2.05) is 68.4 Å². The van der Waals surface area contributed by atoms with Crippen molar-refractivity contribution in [3.63, 3.8) is 0 Å². The molecule has 0 spiro atoms. The Kier molecular flexibility index (Phi) is 6.58. The fourth-order valence-corrected chi connectivity index (χ4v) is 2.62. The van der Waals surface area contributed by atoms with Gasteiger partial charge in [0, 0.05) is 11.0 Å². The largest absolute Gasteiger partial charge is 0.457 e. The van der Waals surface area contributed by atoms with Crippen molar-refractivity contribution >= 4 is 10.1 Å². The molecule has 0 saturated heterocycles. The summed E-state index contributed by atoms with van der Waals surface area (Å²) in [5.41, 5.74) is 0.504. The first-order valence-corrected chi connectivity index (χ1v) is 9.80. The van der Waals surface area contributed by atoms with Gasteiger partial charge in [0.1, 0.15) is 11.5 Å². The maximum atomic E-state index is 11.1. The summed E-state index contributed by atoms with van der Waals surface area (Å²) in [4.78, 5) is 0. The lowest BCUT2D eigenvalue weighted by Gasteiger charge is -2.23. The van der Waals surface area contributed by atoms with E-state index in [1.54, 1.807) is 0 Å². The zero-order chi connectivity index (χ0) is 18.3. The molecule has 0 aliphatic heterocycles. The Balaban J connectivity index is 1.92. The highest BCUT2D eigenvalue weighted by Crippen LogP contribution is 2.26. The summed E-state index contributed by atoms with van der Waals surface area (Å²) in [6.45, 7) is 4.59. The van der Waals surface area contributed by atoms with Gasteiger partial charge in [0.2, 0.25) is 0 Å². The summed E-state index contributed by atoms with van der Waals surface area (Å²) >= 11 is 0. The molecule has 0 atom stereocenters. The summed E-state index contributed by atoms with van der Waals surface area (Å²) < 4.78 is 38.8. The van der Waals surface area contributed by atoms with Gasteiger partial charge in [0.25, 0.3) is 10.1 Å². The molecular formula is C19H24O5S. The summed E-state index contributed by atoms with van der Waals surface area (Å²) in [5.74, 6) is 1.50. The highest BCUT2D eigenvalue weighted by atomic mass is 32.2. The quantitative estimate of drug-likeness (QED) is 0.630. The van der Waals surface area contributed by atoms with Crippen LogP contribution in [-0.4, -0.2) is 27.9 Å². The first-order chi connectivity index (χ1) is 11.8. The first kappa shape index (κ1) is 19.4. The van der Waals surface area contributed by atoms with Crippen LogP contribution in [0.2, 0.25) is 0 Å². The van der Waals surface area contributed by atoms with Gasteiger partial charge >= 0.3 is 0 Å². The van der Waals surface area contributed by atoms with Crippen LogP contribution in [0.15, 0.2) is 54.6 Å². The number of benzene rings is 2. The van der Waals surface area contributed by atoms with Crippen LogP contribution in [0.3, 0.4) is 0 Å². The van der Waals surface area contributed by atoms with Gasteiger partial charge in [0.05, 0.1) is 26.1 Å². The van der Waals surface area contributed by atoms with Gasteiger partial charge in [-0.1, -0.05) is 50.2 Å². The lowest BCUT2D eigenvalue weighted by Crippen LogP contribution is -2.27. The lowest BCUT2D eigenvalue weighted by molar-refractivity contribution is 0.0269. The zero-order valence-corrected chi connectivity index (χ0v) is 15.6. The monoisotopic (exact) mass is 364 g/mol. The normalized spacial score (nSPS) is 12.1. The van der Waals surface area contributed by atoms with Crippen LogP contribution in [0.1, 0.15) is 19.4 Å². The first-order valence-electron chi connectivity index (χ1n) is 7.98. The van der Waals surface area contributed by atoms with Crippen molar-refractivity contribution in [1.29, 1.82) is 0 Å². The van der Waals surface area contributed by atoms with Crippen molar-refractivity contribution in [2.24, 2.45) is 5.41 Å². The van der Waals surface area contributed by atoms with Crippen LogP contribution in [0, 0.1) is 5.41 Å². The second-order valence-corrected chi connectivity index (χ2v) is 8.29. The molecule has 5 nitrogen and oxygen atoms in total. The Bertz CT molecular complexity index is 769. The van der Waals surface area contributed by atoms with E-state index in [-0.39, 0.29) is 6.61 Å². The van der Waals surface area contributed by atoms with Crippen molar-refractivity contribution in [2.45, 2.75) is 20.5 Å². The minimum absolute atomic E-state index is 0.0774. The summed E-state index contributed by atoms with van der Waals surface area (Å²) in [6, 6.07) is 17.2. The smallest absolute Gasteiger partial charge is 0.264 e. The van der Waals surface area contributed by atoms with Crippen LogP contribution in [-0.2, 0) is 25.6 Å². The molecule has 0 aromatic heterocycles. The number of hydrogen-bond acceptors (Lipinski definition) is 5. The minimum Gasteiger partial charge on any atom is -0.457 e. The van der Waals surface area contributed by atoms with Gasteiger partial charge in [0.15, 0.2) is 0 Å².